The molecule has 0 aliphatic carbocycles. The van der Waals surface area contributed by atoms with Gasteiger partial charge < -0.3 is 9.84 Å². The van der Waals surface area contributed by atoms with Crippen LogP contribution in [0.15, 0.2) is 0 Å². The van der Waals surface area contributed by atoms with Gasteiger partial charge in [0, 0.05) is 13.3 Å². The van der Waals surface area contributed by atoms with Gasteiger partial charge >= 0.3 is 0 Å². The van der Waals surface area contributed by atoms with Gasteiger partial charge in [0.2, 0.25) is 5.79 Å². The number of ether oxygens (including phenoxy) is 1. The molecule has 0 aliphatic heterocycles. The molecule has 0 bridgehead atoms. The number of rotatable bonds is 3. The van der Waals surface area contributed by atoms with Gasteiger partial charge in [-0.05, 0) is 0 Å². The molecule has 1 radical (unpaired) electrons. The van der Waals surface area contributed by atoms with Gasteiger partial charge in [-0.2, -0.15) is 0 Å². The van der Waals surface area contributed by atoms with Crippen molar-refractivity contribution in [2.75, 3.05) is 0 Å². The van der Waals surface area contributed by atoms with Crippen molar-refractivity contribution in [2.45, 2.75) is 19.1 Å². The molecule has 0 aromatic rings. The molecular formula is C5H9O3. The summed E-state index contributed by atoms with van der Waals surface area (Å²) >= 11 is 0. The Labute approximate surface area is 48.3 Å². The van der Waals surface area contributed by atoms with E-state index in [2.05, 4.69) is 11.7 Å². The summed E-state index contributed by atoms with van der Waals surface area (Å²) < 4.78 is 4.14. The Kier molecular flexibility index (Phi) is 2.48. The largest absolute Gasteiger partial charge is 0.435 e. The van der Waals surface area contributed by atoms with Crippen molar-refractivity contribution >= 4 is 6.47 Å². The van der Waals surface area contributed by atoms with E-state index in [4.69, 9.17) is 5.11 Å². The van der Waals surface area contributed by atoms with Gasteiger partial charge in [0.05, 0.1) is 0 Å². The lowest BCUT2D eigenvalue weighted by Gasteiger charge is -2.17. The average molecular weight is 117 g/mol. The van der Waals surface area contributed by atoms with Crippen molar-refractivity contribution in [1.82, 2.24) is 0 Å². The van der Waals surface area contributed by atoms with Gasteiger partial charge in [-0.1, -0.05) is 6.92 Å². The summed E-state index contributed by atoms with van der Waals surface area (Å²) in [6, 6.07) is 0. The highest BCUT2D eigenvalue weighted by Gasteiger charge is 2.17. The van der Waals surface area contributed by atoms with Crippen molar-refractivity contribution in [1.29, 1.82) is 0 Å². The van der Waals surface area contributed by atoms with Crippen LogP contribution in [0.5, 0.6) is 0 Å². The highest BCUT2D eigenvalue weighted by atomic mass is 16.6. The molecule has 1 atom stereocenters. The average Bonchev–Trinajstić information content (AvgIpc) is 1.67. The number of hydrogen-bond donors (Lipinski definition) is 1. The maximum Gasteiger partial charge on any atom is 0.295 e. The summed E-state index contributed by atoms with van der Waals surface area (Å²) in [5.74, 6) is -1.53. The van der Waals surface area contributed by atoms with E-state index in [1.807, 2.05) is 0 Å². The number of carbonyl (C=O) groups is 1. The van der Waals surface area contributed by atoms with Gasteiger partial charge in [-0.3, -0.25) is 4.79 Å². The molecule has 0 saturated heterocycles. The first kappa shape index (κ1) is 7.43. The first-order chi connectivity index (χ1) is 3.62. The fourth-order valence-electron chi connectivity index (χ4n) is 0.173. The van der Waals surface area contributed by atoms with Gasteiger partial charge in [0.25, 0.3) is 6.47 Å². The summed E-state index contributed by atoms with van der Waals surface area (Å²) in [5.41, 5.74) is 0. The third-order valence-electron chi connectivity index (χ3n) is 0.820. The Hall–Kier alpha value is -0.570. The van der Waals surface area contributed by atoms with Crippen molar-refractivity contribution in [3.8, 4) is 0 Å². The lowest BCUT2D eigenvalue weighted by atomic mass is 10.2. The van der Waals surface area contributed by atoms with E-state index >= 15 is 0 Å². The third kappa shape index (κ3) is 2.58. The maximum absolute atomic E-state index is 9.56. The van der Waals surface area contributed by atoms with Crippen LogP contribution in [-0.4, -0.2) is 17.4 Å². The summed E-state index contributed by atoms with van der Waals surface area (Å²) in [6.07, 6.45) is 0.297. The predicted octanol–water partition coefficient (Wildman–Crippen LogP) is 0.0921. The Morgan fingerprint density at radius 2 is 2.50 bits per heavy atom. The van der Waals surface area contributed by atoms with Crippen LogP contribution in [0.4, 0.5) is 0 Å². The molecule has 3 nitrogen and oxygen atoms in total. The minimum atomic E-state index is -1.53. The van der Waals surface area contributed by atoms with E-state index in [9.17, 15) is 4.79 Å². The molecule has 1 N–H and O–H groups in total. The Balaban J connectivity index is 3.53. The minimum Gasteiger partial charge on any atom is -0.435 e. The molecule has 0 spiro atoms. The monoisotopic (exact) mass is 117 g/mol. The van der Waals surface area contributed by atoms with Crippen molar-refractivity contribution in [2.24, 2.45) is 0 Å². The lowest BCUT2D eigenvalue weighted by Crippen LogP contribution is -2.26. The summed E-state index contributed by atoms with van der Waals surface area (Å²) in [5, 5.41) is 8.76. The molecule has 0 aromatic carbocycles. The van der Waals surface area contributed by atoms with Crippen LogP contribution in [0.2, 0.25) is 0 Å². The molecular weight excluding hydrogens is 108 g/mol. The quantitative estimate of drug-likeness (QED) is 0.421. The van der Waals surface area contributed by atoms with Gasteiger partial charge in [-0.25, -0.2) is 0 Å². The van der Waals surface area contributed by atoms with Crippen molar-refractivity contribution in [3.63, 3.8) is 0 Å². The summed E-state index contributed by atoms with van der Waals surface area (Å²) in [4.78, 5) is 9.56. The molecule has 8 heavy (non-hydrogen) atoms. The van der Waals surface area contributed by atoms with Gasteiger partial charge in [0.1, 0.15) is 0 Å². The molecule has 1 unspecified atom stereocenters. The van der Waals surface area contributed by atoms with Crippen LogP contribution in [0, 0.1) is 6.92 Å². The van der Waals surface area contributed by atoms with Gasteiger partial charge in [0.15, 0.2) is 0 Å². The van der Waals surface area contributed by atoms with E-state index in [1.165, 1.54) is 0 Å². The molecule has 0 amide bonds. The van der Waals surface area contributed by atoms with Crippen LogP contribution in [0.25, 0.3) is 0 Å². The molecule has 47 valence electrons. The minimum absolute atomic E-state index is 0.177. The first-order valence-corrected chi connectivity index (χ1v) is 2.31. The second kappa shape index (κ2) is 2.67. The molecule has 0 heterocycles. The molecule has 3 heteroatoms. The standard InChI is InChI=1S/C5H9O3/c1-3-5(2,7)8-4-6/h4,7H,2-3H2,1H3. The van der Waals surface area contributed by atoms with Crippen LogP contribution in [0.1, 0.15) is 13.3 Å². The van der Waals surface area contributed by atoms with Crippen LogP contribution in [0.3, 0.4) is 0 Å². The topological polar surface area (TPSA) is 46.5 Å². The molecule has 0 aromatic heterocycles. The van der Waals surface area contributed by atoms with E-state index in [1.54, 1.807) is 6.92 Å². The SMILES string of the molecule is [CH2]C(O)(CC)OC=O. The van der Waals surface area contributed by atoms with Crippen LogP contribution >= 0.6 is 0 Å². The highest BCUT2D eigenvalue weighted by molar-refractivity contribution is 5.38. The predicted molar refractivity (Wildman–Crippen MR) is 27.7 cm³/mol. The van der Waals surface area contributed by atoms with Gasteiger partial charge in [-0.15, -0.1) is 0 Å². The zero-order chi connectivity index (χ0) is 6.62. The number of aliphatic hydroxyl groups is 1. The number of hydrogen-bond acceptors (Lipinski definition) is 3. The normalized spacial score (nSPS) is 16.9. The Morgan fingerprint density at radius 3 is 2.62 bits per heavy atom. The first-order valence-electron chi connectivity index (χ1n) is 2.31. The second-order valence-electron chi connectivity index (χ2n) is 1.51. The van der Waals surface area contributed by atoms with E-state index in [0.29, 0.717) is 6.42 Å². The fraction of sp³-hybridized carbons (Fsp3) is 0.600. The third-order valence-corrected chi connectivity index (χ3v) is 0.820. The highest BCUT2D eigenvalue weighted by Crippen LogP contribution is 2.06. The van der Waals surface area contributed by atoms with E-state index in [-0.39, 0.29) is 6.47 Å². The number of carbonyl (C=O) groups excluding carboxylic acids is 1. The summed E-state index contributed by atoms with van der Waals surface area (Å²) in [7, 11) is 0. The second-order valence-corrected chi connectivity index (χ2v) is 1.51. The molecule has 0 saturated carbocycles. The lowest BCUT2D eigenvalue weighted by molar-refractivity contribution is -0.177. The molecule has 0 rings (SSSR count). The summed E-state index contributed by atoms with van der Waals surface area (Å²) in [6.45, 7) is 5.02. The fourth-order valence-corrected chi connectivity index (χ4v) is 0.173. The van der Waals surface area contributed by atoms with Crippen molar-refractivity contribution < 1.29 is 14.6 Å². The van der Waals surface area contributed by atoms with E-state index in [0.717, 1.165) is 0 Å². The van der Waals surface area contributed by atoms with Crippen LogP contribution < -0.4 is 0 Å². The van der Waals surface area contributed by atoms with Crippen LogP contribution in [-0.2, 0) is 9.53 Å². The zero-order valence-electron chi connectivity index (χ0n) is 4.76. The molecule has 0 fully saturated rings. The maximum atomic E-state index is 9.56. The Bertz CT molecular complexity index is 77.7. The zero-order valence-corrected chi connectivity index (χ0v) is 4.76. The van der Waals surface area contributed by atoms with E-state index < -0.39 is 5.79 Å². The molecule has 0 aliphatic rings. The smallest absolute Gasteiger partial charge is 0.295 e. The Morgan fingerprint density at radius 1 is 2.00 bits per heavy atom. The van der Waals surface area contributed by atoms with Crippen molar-refractivity contribution in [3.05, 3.63) is 6.92 Å².